The van der Waals surface area contributed by atoms with Crippen LogP contribution in [0.4, 0.5) is 18.9 Å². The van der Waals surface area contributed by atoms with E-state index in [2.05, 4.69) is 15.5 Å². The molecule has 0 aliphatic rings. The number of carbonyl (C=O) groups excluding carboxylic acids is 1. The Kier molecular flexibility index (Phi) is 3.48. The number of alkyl halides is 3. The lowest BCUT2D eigenvalue weighted by Gasteiger charge is -2.11. The summed E-state index contributed by atoms with van der Waals surface area (Å²) in [6.07, 6.45) is -3.22. The van der Waals surface area contributed by atoms with Crippen molar-refractivity contribution >= 4 is 23.2 Å². The number of halogens is 4. The third kappa shape index (κ3) is 3.05. The highest BCUT2D eigenvalue weighted by Gasteiger charge is 2.33. The standard InChI is InChI=1S/C11H7ClF3N3O/c12-8-2-1-6(5-7(8)11(13,14)15)17-10(19)9-3-4-16-18-9/h1-5H,(H,16,18)(H,17,19). The second-order valence-corrected chi connectivity index (χ2v) is 4.02. The maximum absolute atomic E-state index is 12.6. The first kappa shape index (κ1) is 13.4. The van der Waals surface area contributed by atoms with E-state index >= 15 is 0 Å². The summed E-state index contributed by atoms with van der Waals surface area (Å²) in [5, 5.41) is 7.86. The van der Waals surface area contributed by atoms with Crippen molar-refractivity contribution in [2.24, 2.45) is 0 Å². The lowest BCUT2D eigenvalue weighted by Crippen LogP contribution is -2.13. The number of benzene rings is 1. The normalized spacial score (nSPS) is 11.4. The van der Waals surface area contributed by atoms with Gasteiger partial charge >= 0.3 is 6.18 Å². The molecular weight excluding hydrogens is 283 g/mol. The van der Waals surface area contributed by atoms with Gasteiger partial charge in [0, 0.05) is 11.9 Å². The number of nitrogens with zero attached hydrogens (tertiary/aromatic N) is 1. The molecule has 0 aliphatic heterocycles. The fraction of sp³-hybridized carbons (Fsp3) is 0.0909. The van der Waals surface area contributed by atoms with Crippen molar-refractivity contribution in [1.82, 2.24) is 10.2 Å². The van der Waals surface area contributed by atoms with Crippen LogP contribution in [0.3, 0.4) is 0 Å². The molecule has 0 unspecified atom stereocenters. The molecule has 1 aromatic heterocycles. The van der Waals surface area contributed by atoms with Crippen LogP contribution in [0.1, 0.15) is 16.1 Å². The van der Waals surface area contributed by atoms with Gasteiger partial charge in [0.1, 0.15) is 5.69 Å². The number of aromatic nitrogens is 2. The van der Waals surface area contributed by atoms with E-state index in [1.807, 2.05) is 0 Å². The zero-order chi connectivity index (χ0) is 14.0. The Morgan fingerprint density at radius 1 is 1.32 bits per heavy atom. The molecule has 0 bridgehead atoms. The molecule has 0 spiro atoms. The molecule has 0 saturated carbocycles. The van der Waals surface area contributed by atoms with Crippen LogP contribution >= 0.6 is 11.6 Å². The lowest BCUT2D eigenvalue weighted by molar-refractivity contribution is -0.137. The van der Waals surface area contributed by atoms with E-state index in [9.17, 15) is 18.0 Å². The number of H-pyrrole nitrogens is 1. The quantitative estimate of drug-likeness (QED) is 0.891. The Bertz CT molecular complexity index is 596. The average molecular weight is 290 g/mol. The molecule has 1 heterocycles. The molecular formula is C11H7ClF3N3O. The predicted octanol–water partition coefficient (Wildman–Crippen LogP) is 3.33. The van der Waals surface area contributed by atoms with Gasteiger partial charge in [-0.25, -0.2) is 0 Å². The van der Waals surface area contributed by atoms with Crippen molar-refractivity contribution in [3.63, 3.8) is 0 Å². The molecule has 8 heteroatoms. The monoisotopic (exact) mass is 289 g/mol. The van der Waals surface area contributed by atoms with Crippen molar-refractivity contribution in [2.45, 2.75) is 6.18 Å². The Labute approximate surface area is 110 Å². The first-order valence-corrected chi connectivity index (χ1v) is 5.43. The van der Waals surface area contributed by atoms with Crippen molar-refractivity contribution in [3.8, 4) is 0 Å². The fourth-order valence-electron chi connectivity index (χ4n) is 1.40. The molecule has 100 valence electrons. The van der Waals surface area contributed by atoms with Crippen molar-refractivity contribution in [1.29, 1.82) is 0 Å². The van der Waals surface area contributed by atoms with Crippen molar-refractivity contribution in [3.05, 3.63) is 46.7 Å². The Balaban J connectivity index is 2.25. The topological polar surface area (TPSA) is 57.8 Å². The van der Waals surface area contributed by atoms with Crippen LogP contribution in [0.2, 0.25) is 5.02 Å². The summed E-state index contributed by atoms with van der Waals surface area (Å²) in [5.74, 6) is -0.590. The van der Waals surface area contributed by atoms with Crippen molar-refractivity contribution < 1.29 is 18.0 Å². The first-order valence-electron chi connectivity index (χ1n) is 5.05. The third-order valence-corrected chi connectivity index (χ3v) is 2.60. The van der Waals surface area contributed by atoms with Crippen LogP contribution in [0.5, 0.6) is 0 Å². The van der Waals surface area contributed by atoms with Gasteiger partial charge in [-0.1, -0.05) is 11.6 Å². The summed E-state index contributed by atoms with van der Waals surface area (Å²) in [5.41, 5.74) is -0.864. The molecule has 19 heavy (non-hydrogen) atoms. The van der Waals surface area contributed by atoms with E-state index in [0.717, 1.165) is 12.1 Å². The van der Waals surface area contributed by atoms with Gasteiger partial charge in [0.15, 0.2) is 0 Å². The Hall–Kier alpha value is -2.02. The first-order chi connectivity index (χ1) is 8.88. The summed E-state index contributed by atoms with van der Waals surface area (Å²) in [6, 6.07) is 4.53. The largest absolute Gasteiger partial charge is 0.417 e. The zero-order valence-corrected chi connectivity index (χ0v) is 10.0. The Morgan fingerprint density at radius 2 is 2.05 bits per heavy atom. The molecule has 2 aromatic rings. The number of hydrogen-bond acceptors (Lipinski definition) is 2. The SMILES string of the molecule is O=C(Nc1ccc(Cl)c(C(F)(F)F)c1)c1ccn[nH]1. The third-order valence-electron chi connectivity index (χ3n) is 2.27. The Morgan fingerprint density at radius 3 is 2.63 bits per heavy atom. The minimum atomic E-state index is -4.58. The van der Waals surface area contributed by atoms with Gasteiger partial charge < -0.3 is 5.32 Å². The number of anilines is 1. The second-order valence-electron chi connectivity index (χ2n) is 3.62. The van der Waals surface area contributed by atoms with Crippen LogP contribution in [-0.4, -0.2) is 16.1 Å². The molecule has 4 nitrogen and oxygen atoms in total. The fourth-order valence-corrected chi connectivity index (χ4v) is 1.63. The predicted molar refractivity (Wildman–Crippen MR) is 63.0 cm³/mol. The van der Waals surface area contributed by atoms with Gasteiger partial charge in [0.25, 0.3) is 5.91 Å². The zero-order valence-electron chi connectivity index (χ0n) is 9.25. The van der Waals surface area contributed by atoms with Crippen molar-refractivity contribution in [2.75, 3.05) is 5.32 Å². The highest BCUT2D eigenvalue weighted by Crippen LogP contribution is 2.36. The van der Waals surface area contributed by atoms with Crippen LogP contribution in [0, 0.1) is 0 Å². The number of carbonyl (C=O) groups is 1. The summed E-state index contributed by atoms with van der Waals surface area (Å²) >= 11 is 5.47. The number of rotatable bonds is 2. The number of nitrogens with one attached hydrogen (secondary N) is 2. The van der Waals surface area contributed by atoms with Crippen LogP contribution < -0.4 is 5.32 Å². The molecule has 0 atom stereocenters. The van der Waals surface area contributed by atoms with Gasteiger partial charge in [0.05, 0.1) is 10.6 Å². The van der Waals surface area contributed by atoms with Gasteiger partial charge in [-0.15, -0.1) is 0 Å². The number of amides is 1. The summed E-state index contributed by atoms with van der Waals surface area (Å²) in [7, 11) is 0. The van der Waals surface area contributed by atoms with E-state index < -0.39 is 22.7 Å². The smallest absolute Gasteiger partial charge is 0.321 e. The molecule has 0 fully saturated rings. The van der Waals surface area contributed by atoms with E-state index in [1.54, 1.807) is 0 Å². The molecule has 0 radical (unpaired) electrons. The van der Waals surface area contributed by atoms with Crippen LogP contribution in [0.15, 0.2) is 30.5 Å². The molecule has 2 rings (SSSR count). The van der Waals surface area contributed by atoms with E-state index in [1.165, 1.54) is 18.3 Å². The number of hydrogen-bond donors (Lipinski definition) is 2. The summed E-state index contributed by atoms with van der Waals surface area (Å²) in [4.78, 5) is 11.6. The van der Waals surface area contributed by atoms with E-state index in [-0.39, 0.29) is 11.4 Å². The summed E-state index contributed by atoms with van der Waals surface area (Å²) in [6.45, 7) is 0. The molecule has 1 aromatic carbocycles. The van der Waals surface area contributed by atoms with Crippen LogP contribution in [0.25, 0.3) is 0 Å². The van der Waals surface area contributed by atoms with Gasteiger partial charge in [-0.05, 0) is 24.3 Å². The minimum Gasteiger partial charge on any atom is -0.321 e. The average Bonchev–Trinajstić information content (AvgIpc) is 2.83. The number of aromatic amines is 1. The molecule has 0 saturated heterocycles. The molecule has 0 aliphatic carbocycles. The van der Waals surface area contributed by atoms with Gasteiger partial charge in [-0.2, -0.15) is 18.3 Å². The van der Waals surface area contributed by atoms with Gasteiger partial charge in [0.2, 0.25) is 0 Å². The van der Waals surface area contributed by atoms with E-state index in [0.29, 0.717) is 0 Å². The molecule has 2 N–H and O–H groups in total. The molecule has 1 amide bonds. The van der Waals surface area contributed by atoms with E-state index in [4.69, 9.17) is 11.6 Å². The minimum absolute atomic E-state index is 0.00340. The highest BCUT2D eigenvalue weighted by molar-refractivity contribution is 6.31. The van der Waals surface area contributed by atoms with Gasteiger partial charge in [-0.3, -0.25) is 9.89 Å². The maximum Gasteiger partial charge on any atom is 0.417 e. The summed E-state index contributed by atoms with van der Waals surface area (Å²) < 4.78 is 37.9. The lowest BCUT2D eigenvalue weighted by atomic mass is 10.2. The second kappa shape index (κ2) is 4.93. The van der Waals surface area contributed by atoms with Crippen LogP contribution in [-0.2, 0) is 6.18 Å². The maximum atomic E-state index is 12.6. The highest BCUT2D eigenvalue weighted by atomic mass is 35.5.